The maximum absolute atomic E-state index is 11.8. The van der Waals surface area contributed by atoms with Gasteiger partial charge in [0, 0.05) is 13.0 Å². The number of hydrogen-bond donors (Lipinski definition) is 2. The van der Waals surface area contributed by atoms with Crippen molar-refractivity contribution >= 4 is 37.3 Å². The number of rotatable bonds is 5. The first-order chi connectivity index (χ1) is 8.08. The fourth-order valence-corrected chi connectivity index (χ4v) is 4.25. The number of aromatic amines is 1. The first-order valence-electron chi connectivity index (χ1n) is 4.67. The van der Waals surface area contributed by atoms with Crippen molar-refractivity contribution < 1.29 is 8.42 Å². The Morgan fingerprint density at radius 2 is 2.29 bits per heavy atom. The highest BCUT2D eigenvalue weighted by Crippen LogP contribution is 2.25. The largest absolute Gasteiger partial charge is 0.263 e. The Morgan fingerprint density at radius 3 is 2.88 bits per heavy atom. The number of H-pyrrole nitrogens is 1. The molecule has 0 spiro atoms. The Balaban J connectivity index is 1.94. The molecule has 0 aliphatic heterocycles. The summed E-state index contributed by atoms with van der Waals surface area (Å²) < 4.78 is 27.2. The first kappa shape index (κ1) is 12.7. The van der Waals surface area contributed by atoms with Crippen LogP contribution < -0.4 is 4.72 Å². The van der Waals surface area contributed by atoms with Gasteiger partial charge >= 0.3 is 0 Å². The molecule has 0 unspecified atom stereocenters. The number of sulfonamides is 1. The van der Waals surface area contributed by atoms with E-state index < -0.39 is 10.0 Å². The van der Waals surface area contributed by atoms with Crippen LogP contribution in [0.2, 0.25) is 0 Å². The first-order valence-corrected chi connectivity index (χ1v) is 7.76. The van der Waals surface area contributed by atoms with Gasteiger partial charge in [0.15, 0.2) is 0 Å². The van der Waals surface area contributed by atoms with Crippen LogP contribution in [0.1, 0.15) is 5.82 Å². The maximum atomic E-state index is 11.8. The number of thiophene rings is 1. The Hall–Kier alpha value is -0.770. The Kier molecular flexibility index (Phi) is 3.92. The van der Waals surface area contributed by atoms with Gasteiger partial charge in [0.25, 0.3) is 0 Å². The SMILES string of the molecule is O=S(=O)(NCCc1ncn[nH]1)c1ccc(Br)s1. The minimum atomic E-state index is -3.42. The zero-order chi connectivity index (χ0) is 12.3. The van der Waals surface area contributed by atoms with E-state index in [1.807, 2.05) is 0 Å². The van der Waals surface area contributed by atoms with Crippen LogP contribution in [0.4, 0.5) is 0 Å². The maximum Gasteiger partial charge on any atom is 0.250 e. The fraction of sp³-hybridized carbons (Fsp3) is 0.250. The molecular weight excluding hydrogens is 328 g/mol. The summed E-state index contributed by atoms with van der Waals surface area (Å²) in [6, 6.07) is 3.27. The number of aromatic nitrogens is 3. The normalized spacial score (nSPS) is 11.8. The molecule has 0 bridgehead atoms. The van der Waals surface area contributed by atoms with Crippen LogP contribution in [0.5, 0.6) is 0 Å². The molecule has 0 aromatic carbocycles. The zero-order valence-corrected chi connectivity index (χ0v) is 11.8. The standard InChI is InChI=1S/C8H9BrN4O2S2/c9-6-1-2-8(16-6)17(14,15)12-4-3-7-10-5-11-13-7/h1-2,5,12H,3-4H2,(H,10,11,13). The molecule has 0 saturated heterocycles. The second kappa shape index (κ2) is 5.25. The molecule has 0 radical (unpaired) electrons. The van der Waals surface area contributed by atoms with Crippen molar-refractivity contribution in [3.63, 3.8) is 0 Å². The number of hydrogen-bond acceptors (Lipinski definition) is 5. The van der Waals surface area contributed by atoms with Crippen molar-refractivity contribution in [3.05, 3.63) is 28.1 Å². The van der Waals surface area contributed by atoms with Crippen LogP contribution in [0.15, 0.2) is 26.5 Å². The third kappa shape index (κ3) is 3.35. The molecule has 0 atom stereocenters. The molecule has 9 heteroatoms. The molecule has 2 rings (SSSR count). The summed E-state index contributed by atoms with van der Waals surface area (Å²) in [5.41, 5.74) is 0. The molecule has 6 nitrogen and oxygen atoms in total. The molecule has 2 aromatic rings. The van der Waals surface area contributed by atoms with E-state index in [1.165, 1.54) is 17.7 Å². The van der Waals surface area contributed by atoms with Crippen LogP contribution in [0.3, 0.4) is 0 Å². The van der Waals surface area contributed by atoms with Crippen LogP contribution >= 0.6 is 27.3 Å². The molecule has 0 aliphatic rings. The highest BCUT2D eigenvalue weighted by Gasteiger charge is 2.15. The lowest BCUT2D eigenvalue weighted by molar-refractivity contribution is 0.583. The van der Waals surface area contributed by atoms with Crippen molar-refractivity contribution in [2.24, 2.45) is 0 Å². The van der Waals surface area contributed by atoms with E-state index in [0.29, 0.717) is 16.5 Å². The summed E-state index contributed by atoms with van der Waals surface area (Å²) in [6.07, 6.45) is 1.87. The van der Waals surface area contributed by atoms with Gasteiger partial charge in [-0.25, -0.2) is 18.1 Å². The topological polar surface area (TPSA) is 87.7 Å². The second-order valence-corrected chi connectivity index (χ2v) is 7.60. The van der Waals surface area contributed by atoms with E-state index in [1.54, 1.807) is 12.1 Å². The molecular formula is C8H9BrN4O2S2. The minimum Gasteiger partial charge on any atom is -0.263 e. The molecule has 0 aliphatic carbocycles. The van der Waals surface area contributed by atoms with Gasteiger partial charge in [-0.15, -0.1) is 11.3 Å². The van der Waals surface area contributed by atoms with Gasteiger partial charge in [-0.3, -0.25) is 5.10 Å². The van der Waals surface area contributed by atoms with Gasteiger partial charge in [-0.1, -0.05) is 0 Å². The van der Waals surface area contributed by atoms with Crippen LogP contribution in [-0.2, 0) is 16.4 Å². The van der Waals surface area contributed by atoms with Gasteiger partial charge in [-0.05, 0) is 28.1 Å². The zero-order valence-electron chi connectivity index (χ0n) is 8.55. The van der Waals surface area contributed by atoms with E-state index >= 15 is 0 Å². The van der Waals surface area contributed by atoms with E-state index in [-0.39, 0.29) is 6.54 Å². The summed E-state index contributed by atoms with van der Waals surface area (Å²) in [4.78, 5) is 3.91. The summed E-state index contributed by atoms with van der Waals surface area (Å²) in [5.74, 6) is 0.653. The summed E-state index contributed by atoms with van der Waals surface area (Å²) >= 11 is 4.40. The number of nitrogens with one attached hydrogen (secondary N) is 2. The van der Waals surface area contributed by atoms with E-state index in [2.05, 4.69) is 35.8 Å². The summed E-state index contributed by atoms with van der Waals surface area (Å²) in [5, 5.41) is 6.35. The van der Waals surface area contributed by atoms with Crippen LogP contribution in [0, 0.1) is 0 Å². The molecule has 17 heavy (non-hydrogen) atoms. The highest BCUT2D eigenvalue weighted by molar-refractivity contribution is 9.11. The van der Waals surface area contributed by atoms with Crippen molar-refractivity contribution in [1.29, 1.82) is 0 Å². The highest BCUT2D eigenvalue weighted by atomic mass is 79.9. The summed E-state index contributed by atoms with van der Waals surface area (Å²) in [6.45, 7) is 0.285. The van der Waals surface area contributed by atoms with Gasteiger partial charge < -0.3 is 0 Å². The third-order valence-corrected chi connectivity index (χ3v) is 5.51. The lowest BCUT2D eigenvalue weighted by Gasteiger charge is -2.02. The van der Waals surface area contributed by atoms with Crippen molar-refractivity contribution in [1.82, 2.24) is 19.9 Å². The smallest absolute Gasteiger partial charge is 0.250 e. The lowest BCUT2D eigenvalue weighted by atomic mass is 10.4. The molecule has 0 saturated carbocycles. The molecule has 0 amide bonds. The number of halogens is 1. The minimum absolute atomic E-state index is 0.285. The van der Waals surface area contributed by atoms with Crippen molar-refractivity contribution in [2.75, 3.05) is 6.54 Å². The molecule has 2 aromatic heterocycles. The lowest BCUT2D eigenvalue weighted by Crippen LogP contribution is -2.25. The Morgan fingerprint density at radius 1 is 1.47 bits per heavy atom. The van der Waals surface area contributed by atoms with E-state index in [4.69, 9.17) is 0 Å². The van der Waals surface area contributed by atoms with E-state index in [0.717, 1.165) is 3.79 Å². The molecule has 92 valence electrons. The predicted octanol–water partition coefficient (Wildman–Crippen LogP) is 1.15. The molecule has 0 fully saturated rings. The average Bonchev–Trinajstić information content (AvgIpc) is 2.89. The van der Waals surface area contributed by atoms with E-state index in [9.17, 15) is 8.42 Å². The van der Waals surface area contributed by atoms with Gasteiger partial charge in [0.1, 0.15) is 16.4 Å². The second-order valence-electron chi connectivity index (χ2n) is 3.14. The van der Waals surface area contributed by atoms with Crippen LogP contribution in [0.25, 0.3) is 0 Å². The number of nitrogens with zero attached hydrogens (tertiary/aromatic N) is 2. The average molecular weight is 337 g/mol. The Labute approximate surface area is 111 Å². The van der Waals surface area contributed by atoms with Gasteiger partial charge in [0.2, 0.25) is 10.0 Å². The monoisotopic (exact) mass is 336 g/mol. The fourth-order valence-electron chi connectivity index (χ4n) is 1.17. The molecule has 2 N–H and O–H groups in total. The third-order valence-electron chi connectivity index (χ3n) is 1.93. The van der Waals surface area contributed by atoms with Gasteiger partial charge in [-0.2, -0.15) is 5.10 Å². The predicted molar refractivity (Wildman–Crippen MR) is 67.3 cm³/mol. The van der Waals surface area contributed by atoms with Gasteiger partial charge in [0.05, 0.1) is 3.79 Å². The summed E-state index contributed by atoms with van der Waals surface area (Å²) in [7, 11) is -3.42. The van der Waals surface area contributed by atoms with Crippen LogP contribution in [-0.4, -0.2) is 30.1 Å². The molecule has 2 heterocycles. The quantitative estimate of drug-likeness (QED) is 0.857. The van der Waals surface area contributed by atoms with Crippen molar-refractivity contribution in [3.8, 4) is 0 Å². The van der Waals surface area contributed by atoms with Crippen molar-refractivity contribution in [2.45, 2.75) is 10.6 Å². The Bertz CT molecular complexity index is 578.